The summed E-state index contributed by atoms with van der Waals surface area (Å²) in [6.07, 6.45) is 0. The van der Waals surface area contributed by atoms with Gasteiger partial charge in [0.1, 0.15) is 5.76 Å². The number of carbonyl (C=O) groups is 2. The molecule has 1 aromatic carbocycles. The zero-order valence-electron chi connectivity index (χ0n) is 10.2. The highest BCUT2D eigenvalue weighted by atomic mass is 79.9. The van der Waals surface area contributed by atoms with Gasteiger partial charge in [0, 0.05) is 15.7 Å². The molecular weight excluding hydrogens is 328 g/mol. The quantitative estimate of drug-likeness (QED) is 0.776. The van der Waals surface area contributed by atoms with Gasteiger partial charge in [0.25, 0.3) is 0 Å². The second-order valence-electron chi connectivity index (χ2n) is 3.98. The van der Waals surface area contributed by atoms with Gasteiger partial charge >= 0.3 is 5.97 Å². The zero-order valence-corrected chi connectivity index (χ0v) is 11.8. The molecule has 1 heterocycles. The summed E-state index contributed by atoms with van der Waals surface area (Å²) in [5, 5.41) is 11.8. The molecule has 2 rings (SSSR count). The number of nitrogens with two attached hydrogens (primary N) is 1. The number of furan rings is 1. The molecule has 0 fully saturated rings. The molecule has 0 spiro atoms. The highest BCUT2D eigenvalue weighted by Gasteiger charge is 2.09. The van der Waals surface area contributed by atoms with E-state index in [9.17, 15) is 9.59 Å². The topological polar surface area (TPSA) is 106 Å². The van der Waals surface area contributed by atoms with E-state index in [1.807, 2.05) is 0 Å². The van der Waals surface area contributed by atoms with Gasteiger partial charge in [0.2, 0.25) is 11.7 Å². The number of carboxylic acid groups (broad SMARTS) is 1. The van der Waals surface area contributed by atoms with Crippen LogP contribution in [-0.4, -0.2) is 17.0 Å². The van der Waals surface area contributed by atoms with Gasteiger partial charge in [-0.3, -0.25) is 4.79 Å². The number of benzene rings is 1. The normalized spacial score (nSPS) is 10.2. The Morgan fingerprint density at radius 1 is 1.30 bits per heavy atom. The van der Waals surface area contributed by atoms with Gasteiger partial charge in [-0.25, -0.2) is 4.79 Å². The first-order chi connectivity index (χ1) is 9.47. The lowest BCUT2D eigenvalue weighted by molar-refractivity contribution is 0.0660. The van der Waals surface area contributed by atoms with Crippen LogP contribution >= 0.6 is 15.9 Å². The van der Waals surface area contributed by atoms with E-state index < -0.39 is 11.9 Å². The Hall–Kier alpha value is -2.28. The van der Waals surface area contributed by atoms with E-state index in [4.69, 9.17) is 15.3 Å². The molecule has 0 aliphatic carbocycles. The van der Waals surface area contributed by atoms with Crippen molar-refractivity contribution < 1.29 is 19.1 Å². The number of hydrogen-bond acceptors (Lipinski definition) is 4. The van der Waals surface area contributed by atoms with Crippen molar-refractivity contribution in [2.75, 3.05) is 5.32 Å². The van der Waals surface area contributed by atoms with Crippen molar-refractivity contribution in [2.45, 2.75) is 6.54 Å². The third-order valence-corrected chi connectivity index (χ3v) is 3.24. The molecule has 0 saturated carbocycles. The second kappa shape index (κ2) is 5.79. The van der Waals surface area contributed by atoms with Crippen LogP contribution in [0.15, 0.2) is 39.2 Å². The number of nitrogens with one attached hydrogen (secondary N) is 1. The standard InChI is InChI=1S/C13H11BrN2O4/c14-9-5-7(12(15)17)1-3-10(9)16-6-8-2-4-11(20-8)13(18)19/h1-5,16H,6H2,(H2,15,17)(H,18,19). The summed E-state index contributed by atoms with van der Waals surface area (Å²) < 4.78 is 5.80. The fraction of sp³-hybridized carbons (Fsp3) is 0.0769. The van der Waals surface area contributed by atoms with Crippen molar-refractivity contribution >= 4 is 33.5 Å². The second-order valence-corrected chi connectivity index (χ2v) is 4.84. The minimum Gasteiger partial charge on any atom is -0.475 e. The maximum Gasteiger partial charge on any atom is 0.371 e. The minimum atomic E-state index is -1.11. The molecule has 0 atom stereocenters. The van der Waals surface area contributed by atoms with Crippen molar-refractivity contribution in [1.82, 2.24) is 0 Å². The molecular formula is C13H11BrN2O4. The molecule has 1 aromatic heterocycles. The summed E-state index contributed by atoms with van der Waals surface area (Å²) in [5.74, 6) is -1.23. The number of carbonyl (C=O) groups excluding carboxylic acids is 1. The number of primary amides is 1. The molecule has 0 radical (unpaired) electrons. The monoisotopic (exact) mass is 338 g/mol. The number of anilines is 1. The van der Waals surface area contributed by atoms with E-state index in [0.717, 1.165) is 5.69 Å². The number of carboxylic acids is 1. The maximum atomic E-state index is 11.0. The highest BCUT2D eigenvalue weighted by Crippen LogP contribution is 2.24. The summed E-state index contributed by atoms with van der Waals surface area (Å²) in [4.78, 5) is 21.7. The van der Waals surface area contributed by atoms with Crippen LogP contribution in [-0.2, 0) is 6.54 Å². The molecule has 4 N–H and O–H groups in total. The van der Waals surface area contributed by atoms with Gasteiger partial charge in [-0.1, -0.05) is 0 Å². The fourth-order valence-corrected chi connectivity index (χ4v) is 2.10. The molecule has 2 aromatic rings. The highest BCUT2D eigenvalue weighted by molar-refractivity contribution is 9.10. The molecule has 104 valence electrons. The Balaban J connectivity index is 2.06. The first-order valence-corrected chi connectivity index (χ1v) is 6.42. The van der Waals surface area contributed by atoms with Crippen molar-refractivity contribution in [1.29, 1.82) is 0 Å². The number of rotatable bonds is 5. The van der Waals surface area contributed by atoms with Gasteiger partial charge in [-0.15, -0.1) is 0 Å². The summed E-state index contributed by atoms with van der Waals surface area (Å²) in [5.41, 5.74) is 6.31. The number of amides is 1. The van der Waals surface area contributed by atoms with Crippen molar-refractivity contribution in [3.05, 3.63) is 51.9 Å². The summed E-state index contributed by atoms with van der Waals surface area (Å²) >= 11 is 3.32. The predicted octanol–water partition coefficient (Wildman–Crippen LogP) is 2.45. The molecule has 0 unspecified atom stereocenters. The van der Waals surface area contributed by atoms with Gasteiger partial charge in [0.05, 0.1) is 6.54 Å². The van der Waals surface area contributed by atoms with E-state index in [0.29, 0.717) is 22.3 Å². The molecule has 0 aliphatic heterocycles. The molecule has 0 bridgehead atoms. The SMILES string of the molecule is NC(=O)c1ccc(NCc2ccc(C(=O)O)o2)c(Br)c1. The molecule has 6 nitrogen and oxygen atoms in total. The predicted molar refractivity (Wildman–Crippen MR) is 75.7 cm³/mol. The first kappa shape index (κ1) is 14.1. The van der Waals surface area contributed by atoms with Crippen LogP contribution in [0.3, 0.4) is 0 Å². The third kappa shape index (κ3) is 3.18. The van der Waals surface area contributed by atoms with E-state index in [1.165, 1.54) is 6.07 Å². The van der Waals surface area contributed by atoms with Crippen LogP contribution in [0, 0.1) is 0 Å². The Morgan fingerprint density at radius 2 is 2.05 bits per heavy atom. The van der Waals surface area contributed by atoms with Crippen molar-refractivity contribution in [3.8, 4) is 0 Å². The lowest BCUT2D eigenvalue weighted by Gasteiger charge is -2.08. The Morgan fingerprint density at radius 3 is 2.60 bits per heavy atom. The zero-order chi connectivity index (χ0) is 14.7. The lowest BCUT2D eigenvalue weighted by atomic mass is 10.2. The van der Waals surface area contributed by atoms with Gasteiger partial charge in [0.15, 0.2) is 0 Å². The largest absolute Gasteiger partial charge is 0.475 e. The van der Waals surface area contributed by atoms with E-state index in [-0.39, 0.29) is 5.76 Å². The average Bonchev–Trinajstić information content (AvgIpc) is 2.86. The van der Waals surface area contributed by atoms with E-state index in [1.54, 1.807) is 24.3 Å². The van der Waals surface area contributed by atoms with Crippen molar-refractivity contribution in [2.24, 2.45) is 5.73 Å². The van der Waals surface area contributed by atoms with E-state index in [2.05, 4.69) is 21.2 Å². The molecule has 20 heavy (non-hydrogen) atoms. The molecule has 7 heteroatoms. The molecule has 0 saturated heterocycles. The Bertz CT molecular complexity index is 666. The summed E-state index contributed by atoms with van der Waals surface area (Å²) in [6, 6.07) is 7.88. The van der Waals surface area contributed by atoms with Crippen LogP contribution in [0.25, 0.3) is 0 Å². The van der Waals surface area contributed by atoms with Crippen LogP contribution < -0.4 is 11.1 Å². The fourth-order valence-electron chi connectivity index (χ4n) is 1.58. The van der Waals surface area contributed by atoms with Crippen LogP contribution in [0.4, 0.5) is 5.69 Å². The maximum absolute atomic E-state index is 11.0. The summed E-state index contributed by atoms with van der Waals surface area (Å²) in [6.45, 7) is 0.321. The van der Waals surface area contributed by atoms with Crippen LogP contribution in [0.2, 0.25) is 0 Å². The minimum absolute atomic E-state index is 0.107. The molecule has 0 aliphatic rings. The number of halogens is 1. The average molecular weight is 339 g/mol. The van der Waals surface area contributed by atoms with Gasteiger partial charge < -0.3 is 20.6 Å². The third-order valence-electron chi connectivity index (χ3n) is 2.58. The summed E-state index contributed by atoms with van der Waals surface area (Å²) in [7, 11) is 0. The van der Waals surface area contributed by atoms with E-state index >= 15 is 0 Å². The Labute approximate surface area is 122 Å². The van der Waals surface area contributed by atoms with Gasteiger partial charge in [-0.05, 0) is 46.3 Å². The smallest absolute Gasteiger partial charge is 0.371 e. The van der Waals surface area contributed by atoms with Crippen molar-refractivity contribution in [3.63, 3.8) is 0 Å². The number of hydrogen-bond donors (Lipinski definition) is 3. The molecule has 1 amide bonds. The van der Waals surface area contributed by atoms with Crippen LogP contribution in [0.5, 0.6) is 0 Å². The van der Waals surface area contributed by atoms with Crippen LogP contribution in [0.1, 0.15) is 26.7 Å². The number of aromatic carboxylic acids is 1. The van der Waals surface area contributed by atoms with Gasteiger partial charge in [-0.2, -0.15) is 0 Å². The Kier molecular flexibility index (Phi) is 4.09. The lowest BCUT2D eigenvalue weighted by Crippen LogP contribution is -2.11. The first-order valence-electron chi connectivity index (χ1n) is 5.62.